The van der Waals surface area contributed by atoms with Gasteiger partial charge in [0.1, 0.15) is 5.01 Å². The Kier molecular flexibility index (Phi) is 6.03. The van der Waals surface area contributed by atoms with Gasteiger partial charge in [0.25, 0.3) is 5.04 Å². The Labute approximate surface area is 176 Å². The van der Waals surface area contributed by atoms with Crippen LogP contribution in [0.4, 0.5) is 5.13 Å². The van der Waals surface area contributed by atoms with Crippen molar-refractivity contribution in [2.24, 2.45) is 5.92 Å². The lowest BCUT2D eigenvalue weighted by molar-refractivity contribution is -0.117. The van der Waals surface area contributed by atoms with Gasteiger partial charge in [-0.05, 0) is 31.4 Å². The van der Waals surface area contributed by atoms with E-state index in [0.717, 1.165) is 41.4 Å². The van der Waals surface area contributed by atoms with Crippen LogP contribution in [0.2, 0.25) is 0 Å². The van der Waals surface area contributed by atoms with E-state index in [-0.39, 0.29) is 18.2 Å². The second-order valence-corrected chi connectivity index (χ2v) is 9.11. The standard InChI is InChI=1S/C19H20N6O2S2/c1-11(26)21-18-23-16(28-18)12-5-4-6-13(9-12)17-24-25-19(29-17)22-15(27)10-14-7-2-3-8-20-14/h2-3,7-8,12-13H,4-6,9-10H2,1H3,(H,22,25,27)/p+1. The van der Waals surface area contributed by atoms with E-state index in [0.29, 0.717) is 22.1 Å². The molecule has 1 aliphatic carbocycles. The highest BCUT2D eigenvalue weighted by molar-refractivity contribution is 8.28. The number of pyridine rings is 1. The Morgan fingerprint density at radius 3 is 2.79 bits per heavy atom. The zero-order valence-electron chi connectivity index (χ0n) is 15.9. The van der Waals surface area contributed by atoms with Crippen LogP contribution < -0.4 is 15.3 Å². The first-order chi connectivity index (χ1) is 14.1. The SMILES string of the molecule is CC(=O)NC1=[N+]=C(C2CCCC(c3nnc(NC(=O)Cc4ccccn4)s3)C2)S1. The van der Waals surface area contributed by atoms with E-state index >= 15 is 0 Å². The largest absolute Gasteiger partial charge is 0.421 e. The molecule has 0 radical (unpaired) electrons. The Morgan fingerprint density at radius 2 is 2.03 bits per heavy atom. The quantitative estimate of drug-likeness (QED) is 0.704. The predicted octanol–water partition coefficient (Wildman–Crippen LogP) is 2.09. The summed E-state index contributed by atoms with van der Waals surface area (Å²) in [6, 6.07) is 5.51. The molecule has 2 unspecified atom stereocenters. The van der Waals surface area contributed by atoms with Gasteiger partial charge in [0, 0.05) is 30.7 Å². The van der Waals surface area contributed by atoms with Crippen LogP contribution in [0.25, 0.3) is 0 Å². The van der Waals surface area contributed by atoms with Crippen LogP contribution in [0.1, 0.15) is 49.2 Å². The van der Waals surface area contributed by atoms with Gasteiger partial charge >= 0.3 is 11.1 Å². The van der Waals surface area contributed by atoms with E-state index in [1.54, 1.807) is 18.0 Å². The third-order valence-corrected chi connectivity index (χ3v) is 6.85. The molecule has 2 N–H and O–H groups in total. The van der Waals surface area contributed by atoms with E-state index in [9.17, 15) is 9.59 Å². The van der Waals surface area contributed by atoms with Gasteiger partial charge in [0.2, 0.25) is 11.0 Å². The topological polar surface area (TPSA) is 111 Å². The van der Waals surface area contributed by atoms with E-state index in [1.165, 1.54) is 18.3 Å². The summed E-state index contributed by atoms with van der Waals surface area (Å²) >= 11 is 3.00. The van der Waals surface area contributed by atoms with Crippen molar-refractivity contribution < 1.29 is 9.59 Å². The molecule has 2 aliphatic rings. The summed E-state index contributed by atoms with van der Waals surface area (Å²) in [7, 11) is 0. The monoisotopic (exact) mass is 429 g/mol. The van der Waals surface area contributed by atoms with Gasteiger partial charge in [-0.1, -0.05) is 23.8 Å². The highest BCUT2D eigenvalue weighted by atomic mass is 32.2. The Hall–Kier alpha value is -2.55. The molecule has 0 saturated heterocycles. The zero-order valence-corrected chi connectivity index (χ0v) is 17.6. The second kappa shape index (κ2) is 8.86. The van der Waals surface area contributed by atoms with Crippen molar-refractivity contribution in [2.45, 2.75) is 44.9 Å². The molecule has 150 valence electrons. The summed E-state index contributed by atoms with van der Waals surface area (Å²) in [5.74, 6) is 0.473. The van der Waals surface area contributed by atoms with E-state index in [2.05, 4.69) is 30.5 Å². The van der Waals surface area contributed by atoms with Crippen LogP contribution in [-0.4, -0.2) is 37.2 Å². The Morgan fingerprint density at radius 1 is 1.21 bits per heavy atom. The average Bonchev–Trinajstić information content (AvgIpc) is 3.13. The van der Waals surface area contributed by atoms with Crippen molar-refractivity contribution >= 4 is 50.3 Å². The molecule has 4 rings (SSSR count). The number of nitrogens with one attached hydrogen (secondary N) is 2. The molecular formula is C19H21N6O2S2+. The minimum atomic E-state index is -0.144. The van der Waals surface area contributed by atoms with Crippen LogP contribution in [0.5, 0.6) is 0 Å². The maximum atomic E-state index is 12.2. The number of hydrogen-bond acceptors (Lipinski definition) is 7. The number of rotatable bonds is 5. The molecule has 1 saturated carbocycles. The summed E-state index contributed by atoms with van der Waals surface area (Å²) in [5, 5.41) is 17.3. The minimum absolute atomic E-state index is 0.0942. The summed E-state index contributed by atoms with van der Waals surface area (Å²) < 4.78 is 4.47. The smallest absolute Gasteiger partial charge is 0.300 e. The Bertz CT molecular complexity index is 984. The van der Waals surface area contributed by atoms with Crippen molar-refractivity contribution in [2.75, 3.05) is 5.32 Å². The van der Waals surface area contributed by atoms with E-state index in [1.807, 2.05) is 18.2 Å². The predicted molar refractivity (Wildman–Crippen MR) is 115 cm³/mol. The van der Waals surface area contributed by atoms with Crippen LogP contribution in [-0.2, 0) is 16.0 Å². The zero-order chi connectivity index (χ0) is 20.2. The van der Waals surface area contributed by atoms with Gasteiger partial charge in [-0.3, -0.25) is 9.78 Å². The van der Waals surface area contributed by atoms with Crippen LogP contribution in [0, 0.1) is 5.92 Å². The fraction of sp³-hybridized carbons (Fsp3) is 0.421. The molecule has 2 aromatic heterocycles. The molecule has 0 bridgehead atoms. The molecular weight excluding hydrogens is 408 g/mol. The van der Waals surface area contributed by atoms with Gasteiger partial charge in [0.15, 0.2) is 0 Å². The number of anilines is 1. The van der Waals surface area contributed by atoms with Crippen molar-refractivity contribution in [3.63, 3.8) is 0 Å². The normalized spacial score (nSPS) is 20.9. The number of hydrogen-bond donors (Lipinski definition) is 2. The number of carbonyl (C=O) groups is 2. The van der Waals surface area contributed by atoms with Crippen molar-refractivity contribution in [3.8, 4) is 0 Å². The molecule has 2 amide bonds. The first kappa shape index (κ1) is 19.8. The molecule has 2 atom stereocenters. The minimum Gasteiger partial charge on any atom is -0.300 e. The molecule has 10 heteroatoms. The molecule has 3 heterocycles. The fourth-order valence-electron chi connectivity index (χ4n) is 3.50. The maximum absolute atomic E-state index is 12.2. The van der Waals surface area contributed by atoms with Crippen LogP contribution in [0.15, 0.2) is 24.4 Å². The first-order valence-electron chi connectivity index (χ1n) is 9.51. The lowest BCUT2D eigenvalue weighted by Crippen LogP contribution is -2.37. The fourth-order valence-corrected chi connectivity index (χ4v) is 5.33. The number of amides is 2. The van der Waals surface area contributed by atoms with Gasteiger partial charge < -0.3 is 5.32 Å². The summed E-state index contributed by atoms with van der Waals surface area (Å²) in [6.07, 6.45) is 6.12. The first-order valence-corrected chi connectivity index (χ1v) is 11.1. The molecule has 2 aromatic rings. The lowest BCUT2D eigenvalue weighted by Gasteiger charge is -2.26. The molecule has 8 nitrogen and oxygen atoms in total. The third kappa shape index (κ3) is 5.09. The number of thioether (sulfide) groups is 1. The molecule has 0 spiro atoms. The number of amidine groups is 1. The molecule has 29 heavy (non-hydrogen) atoms. The van der Waals surface area contributed by atoms with Gasteiger partial charge in [-0.25, -0.2) is 4.79 Å². The van der Waals surface area contributed by atoms with E-state index in [4.69, 9.17) is 0 Å². The van der Waals surface area contributed by atoms with Crippen molar-refractivity contribution in [1.29, 1.82) is 0 Å². The van der Waals surface area contributed by atoms with Gasteiger partial charge in [-0.15, -0.1) is 10.2 Å². The van der Waals surface area contributed by atoms with Crippen LogP contribution >= 0.6 is 23.1 Å². The highest BCUT2D eigenvalue weighted by Crippen LogP contribution is 2.40. The second-order valence-electron chi connectivity index (χ2n) is 7.09. The summed E-state index contributed by atoms with van der Waals surface area (Å²) in [5.41, 5.74) is 0.721. The molecule has 1 aliphatic heterocycles. The van der Waals surface area contributed by atoms with Crippen LogP contribution in [0.3, 0.4) is 0 Å². The van der Waals surface area contributed by atoms with Crippen molar-refractivity contribution in [3.05, 3.63) is 35.1 Å². The molecule has 1 fully saturated rings. The number of carbonyl (C=O) groups excluding carboxylic acids is 2. The molecule has 0 aromatic carbocycles. The Balaban J connectivity index is 1.35. The average molecular weight is 430 g/mol. The maximum Gasteiger partial charge on any atom is 0.421 e. The lowest BCUT2D eigenvalue weighted by atomic mass is 9.82. The third-order valence-electron chi connectivity index (χ3n) is 4.82. The van der Waals surface area contributed by atoms with Crippen molar-refractivity contribution in [1.82, 2.24) is 25.2 Å². The summed E-state index contributed by atoms with van der Waals surface area (Å²) in [4.78, 5) is 27.5. The number of nitrogens with zero attached hydrogens (tertiary/aromatic N) is 4. The van der Waals surface area contributed by atoms with E-state index < -0.39 is 0 Å². The van der Waals surface area contributed by atoms with Gasteiger partial charge in [-0.2, -0.15) is 9.98 Å². The van der Waals surface area contributed by atoms with Gasteiger partial charge in [0.05, 0.1) is 18.2 Å². The summed E-state index contributed by atoms with van der Waals surface area (Å²) in [6.45, 7) is 1.49. The highest BCUT2D eigenvalue weighted by Gasteiger charge is 2.38. The number of aromatic nitrogens is 3.